The van der Waals surface area contributed by atoms with Crippen LogP contribution in [0.4, 0.5) is 11.4 Å². The number of hydrogen-bond acceptors (Lipinski definition) is 3. The van der Waals surface area contributed by atoms with Crippen molar-refractivity contribution in [1.82, 2.24) is 4.90 Å². The number of nitrogens with zero attached hydrogens (tertiary/aromatic N) is 2. The Morgan fingerprint density at radius 1 is 1.00 bits per heavy atom. The summed E-state index contributed by atoms with van der Waals surface area (Å²) in [6, 6.07) is 16.7. The van der Waals surface area contributed by atoms with Gasteiger partial charge >= 0.3 is 0 Å². The molecule has 1 N–H and O–H groups in total. The van der Waals surface area contributed by atoms with Crippen molar-refractivity contribution in [3.05, 3.63) is 60.2 Å². The zero-order valence-electron chi connectivity index (χ0n) is 14.3. The van der Waals surface area contributed by atoms with Crippen LogP contribution in [0.2, 0.25) is 0 Å². The molecule has 0 aromatic heterocycles. The minimum absolute atomic E-state index is 0.0203. The molecule has 2 aromatic rings. The number of benzene rings is 2. The molecular formula is C19H23N3O2. The second-order valence-electron chi connectivity index (χ2n) is 5.61. The predicted molar refractivity (Wildman–Crippen MR) is 97.4 cm³/mol. The molecule has 0 fully saturated rings. The highest BCUT2D eigenvalue weighted by Gasteiger charge is 2.14. The summed E-state index contributed by atoms with van der Waals surface area (Å²) in [5.74, 6) is -0.0857. The Labute approximate surface area is 142 Å². The first kappa shape index (κ1) is 17.5. The fourth-order valence-corrected chi connectivity index (χ4v) is 2.40. The maximum absolute atomic E-state index is 12.5. The lowest BCUT2D eigenvalue weighted by molar-refractivity contribution is -0.116. The molecule has 0 saturated heterocycles. The Kier molecular flexibility index (Phi) is 5.95. The van der Waals surface area contributed by atoms with Crippen LogP contribution in [0, 0.1) is 0 Å². The fourth-order valence-electron chi connectivity index (χ4n) is 2.40. The lowest BCUT2D eigenvalue weighted by Gasteiger charge is -2.21. The molecule has 0 atom stereocenters. The number of hydrogen-bond donors (Lipinski definition) is 1. The smallest absolute Gasteiger partial charge is 0.253 e. The molecule has 5 heteroatoms. The van der Waals surface area contributed by atoms with Crippen molar-refractivity contribution in [1.29, 1.82) is 0 Å². The van der Waals surface area contributed by atoms with E-state index in [1.54, 1.807) is 37.2 Å². The van der Waals surface area contributed by atoms with Gasteiger partial charge in [0, 0.05) is 37.6 Å². The van der Waals surface area contributed by atoms with Gasteiger partial charge in [0.2, 0.25) is 5.91 Å². The van der Waals surface area contributed by atoms with Crippen LogP contribution in [-0.2, 0) is 4.79 Å². The van der Waals surface area contributed by atoms with Crippen LogP contribution in [0.5, 0.6) is 0 Å². The summed E-state index contributed by atoms with van der Waals surface area (Å²) in [6.45, 7) is 2.72. The quantitative estimate of drug-likeness (QED) is 0.888. The van der Waals surface area contributed by atoms with Crippen LogP contribution in [0.25, 0.3) is 0 Å². The average molecular weight is 325 g/mol. The van der Waals surface area contributed by atoms with Crippen LogP contribution >= 0.6 is 0 Å². The monoisotopic (exact) mass is 325 g/mol. The minimum atomic E-state index is -0.0653. The van der Waals surface area contributed by atoms with E-state index in [9.17, 15) is 9.59 Å². The van der Waals surface area contributed by atoms with Gasteiger partial charge in [-0.25, -0.2) is 0 Å². The molecule has 0 radical (unpaired) electrons. The van der Waals surface area contributed by atoms with E-state index in [0.717, 1.165) is 11.4 Å². The summed E-state index contributed by atoms with van der Waals surface area (Å²) in [4.78, 5) is 27.7. The first-order chi connectivity index (χ1) is 11.5. The Bertz CT molecular complexity index is 699. The predicted octanol–water partition coefficient (Wildman–Crippen LogP) is 2.85. The van der Waals surface area contributed by atoms with Gasteiger partial charge in [-0.1, -0.05) is 24.3 Å². The second kappa shape index (κ2) is 8.15. The molecule has 2 aromatic carbocycles. The molecule has 0 heterocycles. The number of nitrogens with one attached hydrogen (secondary N) is 1. The largest absolute Gasteiger partial charge is 0.376 e. The highest BCUT2D eigenvalue weighted by molar-refractivity contribution is 5.97. The summed E-state index contributed by atoms with van der Waals surface area (Å²) in [5.41, 5.74) is 2.22. The molecule has 0 bridgehead atoms. The summed E-state index contributed by atoms with van der Waals surface area (Å²) in [6.07, 6.45) is 0. The molecule has 24 heavy (non-hydrogen) atoms. The highest BCUT2D eigenvalue weighted by atomic mass is 16.2. The molecule has 0 unspecified atom stereocenters. The summed E-state index contributed by atoms with van der Waals surface area (Å²) >= 11 is 0. The van der Waals surface area contributed by atoms with Gasteiger partial charge in [-0.2, -0.15) is 0 Å². The summed E-state index contributed by atoms with van der Waals surface area (Å²) in [5, 5.41) is 3.10. The second-order valence-corrected chi connectivity index (χ2v) is 5.61. The average Bonchev–Trinajstić information content (AvgIpc) is 2.61. The molecule has 0 aliphatic heterocycles. The molecule has 0 saturated carbocycles. The van der Waals surface area contributed by atoms with Crippen molar-refractivity contribution in [3.8, 4) is 0 Å². The first-order valence-corrected chi connectivity index (χ1v) is 7.94. The van der Waals surface area contributed by atoms with Crippen LogP contribution < -0.4 is 10.2 Å². The van der Waals surface area contributed by atoms with Crippen molar-refractivity contribution in [3.63, 3.8) is 0 Å². The Morgan fingerprint density at radius 2 is 1.71 bits per heavy atom. The standard InChI is InChI=1S/C19H23N3O2/c1-4-22(17-11-6-5-7-12-17)18(23)14-20-16-10-8-9-15(13-16)19(24)21(2)3/h5-13,20H,4,14H2,1-3H3. The Balaban J connectivity index is 2.03. The van der Waals surface area contributed by atoms with Crippen molar-refractivity contribution >= 4 is 23.2 Å². The van der Waals surface area contributed by atoms with Crippen LogP contribution in [0.3, 0.4) is 0 Å². The van der Waals surface area contributed by atoms with Gasteiger partial charge in [0.25, 0.3) is 5.91 Å². The van der Waals surface area contributed by atoms with Gasteiger partial charge in [-0.3, -0.25) is 9.59 Å². The first-order valence-electron chi connectivity index (χ1n) is 7.94. The van der Waals surface area contributed by atoms with E-state index < -0.39 is 0 Å². The van der Waals surface area contributed by atoms with Gasteiger partial charge in [0.15, 0.2) is 0 Å². The van der Waals surface area contributed by atoms with Crippen LogP contribution in [0.15, 0.2) is 54.6 Å². The summed E-state index contributed by atoms with van der Waals surface area (Å²) < 4.78 is 0. The number of carbonyl (C=O) groups is 2. The Morgan fingerprint density at radius 3 is 2.33 bits per heavy atom. The number of likely N-dealkylation sites (N-methyl/N-ethyl adjacent to an activating group) is 1. The maximum Gasteiger partial charge on any atom is 0.253 e. The van der Waals surface area contributed by atoms with Crippen LogP contribution in [0.1, 0.15) is 17.3 Å². The van der Waals surface area contributed by atoms with Gasteiger partial charge < -0.3 is 15.1 Å². The SMILES string of the molecule is CCN(C(=O)CNc1cccc(C(=O)N(C)C)c1)c1ccccc1. The fraction of sp³-hybridized carbons (Fsp3) is 0.263. The topological polar surface area (TPSA) is 52.7 Å². The third-order valence-electron chi connectivity index (χ3n) is 3.64. The summed E-state index contributed by atoms with van der Waals surface area (Å²) in [7, 11) is 3.43. The van der Waals surface area contributed by atoms with E-state index >= 15 is 0 Å². The van der Waals surface area contributed by atoms with E-state index in [1.807, 2.05) is 43.3 Å². The van der Waals surface area contributed by atoms with Crippen molar-refractivity contribution in [2.75, 3.05) is 37.4 Å². The third kappa shape index (κ3) is 4.35. The van der Waals surface area contributed by atoms with Crippen molar-refractivity contribution < 1.29 is 9.59 Å². The zero-order valence-corrected chi connectivity index (χ0v) is 14.3. The number of anilines is 2. The van der Waals surface area contributed by atoms with Crippen LogP contribution in [-0.4, -0.2) is 43.9 Å². The molecule has 2 rings (SSSR count). The zero-order chi connectivity index (χ0) is 17.5. The van der Waals surface area contributed by atoms with Gasteiger partial charge in [0.1, 0.15) is 0 Å². The van der Waals surface area contributed by atoms with Crippen molar-refractivity contribution in [2.24, 2.45) is 0 Å². The van der Waals surface area contributed by atoms with E-state index in [-0.39, 0.29) is 18.4 Å². The van der Waals surface area contributed by atoms with E-state index in [1.165, 1.54) is 4.90 Å². The molecule has 0 aliphatic carbocycles. The number of rotatable bonds is 6. The van der Waals surface area contributed by atoms with Gasteiger partial charge in [0.05, 0.1) is 6.54 Å². The molecule has 0 spiro atoms. The minimum Gasteiger partial charge on any atom is -0.376 e. The molecule has 5 nitrogen and oxygen atoms in total. The van der Waals surface area contributed by atoms with Gasteiger partial charge in [-0.05, 0) is 37.3 Å². The van der Waals surface area contributed by atoms with E-state index in [2.05, 4.69) is 5.32 Å². The van der Waals surface area contributed by atoms with E-state index in [0.29, 0.717) is 12.1 Å². The molecule has 126 valence electrons. The number of carbonyl (C=O) groups excluding carboxylic acids is 2. The maximum atomic E-state index is 12.5. The van der Waals surface area contributed by atoms with E-state index in [4.69, 9.17) is 0 Å². The third-order valence-corrected chi connectivity index (χ3v) is 3.64. The normalized spacial score (nSPS) is 10.1. The molecule has 2 amide bonds. The molecule has 0 aliphatic rings. The van der Waals surface area contributed by atoms with Crippen molar-refractivity contribution in [2.45, 2.75) is 6.92 Å². The Hall–Kier alpha value is -2.82. The lowest BCUT2D eigenvalue weighted by atomic mass is 10.2. The van der Waals surface area contributed by atoms with Gasteiger partial charge in [-0.15, -0.1) is 0 Å². The lowest BCUT2D eigenvalue weighted by Crippen LogP contribution is -2.35. The number of para-hydroxylation sites is 1. The molecular weight excluding hydrogens is 302 g/mol. The highest BCUT2D eigenvalue weighted by Crippen LogP contribution is 2.15. The number of amides is 2.